The van der Waals surface area contributed by atoms with Gasteiger partial charge in [0.25, 0.3) is 5.91 Å². The molecule has 3 aromatic heterocycles. The molecule has 0 bridgehead atoms. The van der Waals surface area contributed by atoms with Crippen molar-refractivity contribution in [2.24, 2.45) is 0 Å². The fraction of sp³-hybridized carbons (Fsp3) is 0.261. The number of nitrogens with zero attached hydrogens (tertiary/aromatic N) is 4. The fourth-order valence-corrected chi connectivity index (χ4v) is 4.03. The summed E-state index contributed by atoms with van der Waals surface area (Å²) in [6.45, 7) is 2.51. The highest BCUT2D eigenvalue weighted by molar-refractivity contribution is 6.05. The second-order valence-electron chi connectivity index (χ2n) is 7.68. The van der Waals surface area contributed by atoms with E-state index >= 15 is 0 Å². The Kier molecular flexibility index (Phi) is 5.03. The average molecular weight is 400 g/mol. The summed E-state index contributed by atoms with van der Waals surface area (Å²) in [6.07, 6.45) is 9.44. The molecule has 1 amide bonds. The molecule has 1 fully saturated rings. The molecule has 30 heavy (non-hydrogen) atoms. The van der Waals surface area contributed by atoms with E-state index in [0.717, 1.165) is 48.2 Å². The van der Waals surface area contributed by atoms with Gasteiger partial charge >= 0.3 is 0 Å². The number of nitrogens with one attached hydrogen (secondary N) is 2. The molecule has 1 saturated heterocycles. The number of piperidine rings is 1. The Labute approximate surface area is 174 Å². The smallest absolute Gasteiger partial charge is 0.255 e. The molecule has 1 aliphatic rings. The van der Waals surface area contributed by atoms with Gasteiger partial charge in [-0.05, 0) is 55.3 Å². The zero-order valence-corrected chi connectivity index (χ0v) is 16.7. The third-order valence-corrected chi connectivity index (χ3v) is 5.57. The summed E-state index contributed by atoms with van der Waals surface area (Å²) in [5, 5.41) is 10.8. The third-order valence-electron chi connectivity index (χ3n) is 5.57. The molecular formula is C23H24N6O. The van der Waals surface area contributed by atoms with E-state index in [4.69, 9.17) is 0 Å². The summed E-state index contributed by atoms with van der Waals surface area (Å²) in [5.41, 5.74) is 4.50. The lowest BCUT2D eigenvalue weighted by Gasteiger charge is -2.23. The molecule has 0 saturated carbocycles. The maximum absolute atomic E-state index is 13.0. The molecule has 0 radical (unpaired) electrons. The summed E-state index contributed by atoms with van der Waals surface area (Å²) in [7, 11) is 0. The monoisotopic (exact) mass is 400 g/mol. The van der Waals surface area contributed by atoms with Crippen molar-refractivity contribution in [1.82, 2.24) is 30.0 Å². The highest BCUT2D eigenvalue weighted by Crippen LogP contribution is 2.21. The van der Waals surface area contributed by atoms with Gasteiger partial charge in [-0.25, -0.2) is 4.68 Å². The van der Waals surface area contributed by atoms with Crippen LogP contribution in [0.1, 0.15) is 28.8 Å². The van der Waals surface area contributed by atoms with Crippen LogP contribution in [0.25, 0.3) is 16.7 Å². The molecule has 1 aromatic carbocycles. The van der Waals surface area contributed by atoms with E-state index in [2.05, 4.69) is 49.5 Å². The molecule has 1 aliphatic heterocycles. The number of carbonyl (C=O) groups excluding carboxylic acids is 1. The van der Waals surface area contributed by atoms with Crippen LogP contribution in [0.2, 0.25) is 0 Å². The summed E-state index contributed by atoms with van der Waals surface area (Å²) in [4.78, 5) is 17.5. The topological polar surface area (TPSA) is 76.8 Å². The van der Waals surface area contributed by atoms with Crippen LogP contribution in [-0.2, 0) is 6.54 Å². The van der Waals surface area contributed by atoms with Crippen LogP contribution < -0.4 is 10.6 Å². The van der Waals surface area contributed by atoms with E-state index < -0.39 is 0 Å². The number of hydrogen-bond acceptors (Lipinski definition) is 4. The van der Waals surface area contributed by atoms with Crippen molar-refractivity contribution in [3.63, 3.8) is 0 Å². The highest BCUT2D eigenvalue weighted by Gasteiger charge is 2.20. The number of aromatic nitrogens is 4. The van der Waals surface area contributed by atoms with E-state index in [9.17, 15) is 4.79 Å². The number of hydrogen-bond donors (Lipinski definition) is 2. The number of carbonyl (C=O) groups is 1. The summed E-state index contributed by atoms with van der Waals surface area (Å²) >= 11 is 0. The Morgan fingerprint density at radius 3 is 2.83 bits per heavy atom. The molecule has 0 aliphatic carbocycles. The lowest BCUT2D eigenvalue weighted by Crippen LogP contribution is -2.45. The van der Waals surface area contributed by atoms with Crippen LogP contribution in [0, 0.1) is 0 Å². The molecular weight excluding hydrogens is 376 g/mol. The first-order chi connectivity index (χ1) is 14.8. The predicted molar refractivity (Wildman–Crippen MR) is 116 cm³/mol. The van der Waals surface area contributed by atoms with Crippen LogP contribution in [0.5, 0.6) is 0 Å². The van der Waals surface area contributed by atoms with E-state index in [0.29, 0.717) is 12.1 Å². The quantitative estimate of drug-likeness (QED) is 0.540. The zero-order chi connectivity index (χ0) is 20.3. The number of pyridine rings is 1. The van der Waals surface area contributed by atoms with Crippen LogP contribution in [0.15, 0.2) is 67.3 Å². The van der Waals surface area contributed by atoms with Crippen LogP contribution in [0.3, 0.4) is 0 Å². The maximum atomic E-state index is 13.0. The van der Waals surface area contributed by atoms with Gasteiger partial charge in [-0.2, -0.15) is 5.10 Å². The van der Waals surface area contributed by atoms with E-state index in [-0.39, 0.29) is 11.9 Å². The lowest BCUT2D eigenvalue weighted by molar-refractivity contribution is 0.0932. The second-order valence-corrected chi connectivity index (χ2v) is 7.68. The Morgan fingerprint density at radius 1 is 1.17 bits per heavy atom. The average Bonchev–Trinajstić information content (AvgIpc) is 3.44. The minimum Gasteiger partial charge on any atom is -0.348 e. The van der Waals surface area contributed by atoms with Gasteiger partial charge < -0.3 is 15.2 Å². The van der Waals surface area contributed by atoms with E-state index in [1.807, 2.05) is 35.3 Å². The standard InChI is InChI=1S/C23H24N6O/c30-23(27-18-4-1-10-24-14-18)20-16-28(21-5-2-11-25-22(20)21)15-17-6-8-19(9-7-17)29-13-3-12-26-29/h2-3,5-9,11-13,16,18,24H,1,4,10,14-15H2,(H,27,30)/t18-/m1/s1. The van der Waals surface area contributed by atoms with Gasteiger partial charge in [-0.15, -0.1) is 0 Å². The van der Waals surface area contributed by atoms with Crippen LogP contribution in [-0.4, -0.2) is 44.4 Å². The molecule has 4 heterocycles. The van der Waals surface area contributed by atoms with E-state index in [1.54, 1.807) is 12.4 Å². The van der Waals surface area contributed by atoms with Gasteiger partial charge in [-0.1, -0.05) is 12.1 Å². The Morgan fingerprint density at radius 2 is 2.07 bits per heavy atom. The molecule has 1 atom stereocenters. The fourth-order valence-electron chi connectivity index (χ4n) is 4.03. The first-order valence-electron chi connectivity index (χ1n) is 10.3. The van der Waals surface area contributed by atoms with Gasteiger partial charge in [0.15, 0.2) is 0 Å². The Hall–Kier alpha value is -3.45. The van der Waals surface area contributed by atoms with Gasteiger partial charge in [0.05, 0.1) is 16.8 Å². The second kappa shape index (κ2) is 8.12. The minimum atomic E-state index is -0.0554. The molecule has 7 heteroatoms. The van der Waals surface area contributed by atoms with Crippen molar-refractivity contribution in [2.45, 2.75) is 25.4 Å². The van der Waals surface area contributed by atoms with Crippen molar-refractivity contribution in [3.05, 3.63) is 78.4 Å². The Balaban J connectivity index is 1.40. The molecule has 7 nitrogen and oxygen atoms in total. The van der Waals surface area contributed by atoms with Gasteiger partial charge in [0.2, 0.25) is 0 Å². The Bertz CT molecular complexity index is 1140. The molecule has 5 rings (SSSR count). The van der Waals surface area contributed by atoms with Crippen LogP contribution >= 0.6 is 0 Å². The largest absolute Gasteiger partial charge is 0.348 e. The van der Waals surface area contributed by atoms with Crippen molar-refractivity contribution in [1.29, 1.82) is 0 Å². The minimum absolute atomic E-state index is 0.0554. The van der Waals surface area contributed by atoms with Gasteiger partial charge in [0.1, 0.15) is 5.52 Å². The summed E-state index contributed by atoms with van der Waals surface area (Å²) in [6, 6.07) is 14.3. The third kappa shape index (κ3) is 3.71. The van der Waals surface area contributed by atoms with Gasteiger partial charge in [0, 0.05) is 43.9 Å². The molecule has 4 aromatic rings. The first kappa shape index (κ1) is 18.6. The lowest BCUT2D eigenvalue weighted by atomic mass is 10.1. The molecule has 0 unspecified atom stereocenters. The summed E-state index contributed by atoms with van der Waals surface area (Å²) in [5.74, 6) is -0.0554. The molecule has 152 valence electrons. The SMILES string of the molecule is O=C(N[C@@H]1CCCNC1)c1cn(Cc2ccc(-n3cccn3)cc2)c2cccnc12. The van der Waals surface area contributed by atoms with Crippen LogP contribution in [0.4, 0.5) is 0 Å². The zero-order valence-electron chi connectivity index (χ0n) is 16.7. The van der Waals surface area contributed by atoms with Crippen molar-refractivity contribution in [2.75, 3.05) is 13.1 Å². The van der Waals surface area contributed by atoms with Gasteiger partial charge in [-0.3, -0.25) is 9.78 Å². The van der Waals surface area contributed by atoms with E-state index in [1.165, 1.54) is 0 Å². The maximum Gasteiger partial charge on any atom is 0.255 e. The summed E-state index contributed by atoms with van der Waals surface area (Å²) < 4.78 is 3.93. The number of rotatable bonds is 5. The number of benzene rings is 1. The molecule has 0 spiro atoms. The number of amides is 1. The first-order valence-corrected chi connectivity index (χ1v) is 10.3. The number of fused-ring (bicyclic) bond motifs is 1. The normalized spacial score (nSPS) is 16.6. The van der Waals surface area contributed by atoms with Crippen molar-refractivity contribution in [3.8, 4) is 5.69 Å². The highest BCUT2D eigenvalue weighted by atomic mass is 16.1. The predicted octanol–water partition coefficient (Wildman–Crippen LogP) is 2.75. The van der Waals surface area contributed by atoms with Crippen molar-refractivity contribution >= 4 is 16.9 Å². The van der Waals surface area contributed by atoms with Crippen molar-refractivity contribution < 1.29 is 4.79 Å². The molecule has 2 N–H and O–H groups in total.